The van der Waals surface area contributed by atoms with Crippen LogP contribution in [0.25, 0.3) is 11.4 Å². The molecule has 0 radical (unpaired) electrons. The molecule has 2 aromatic heterocycles. The number of tetrazole rings is 1. The van der Waals surface area contributed by atoms with Gasteiger partial charge < -0.3 is 14.2 Å². The van der Waals surface area contributed by atoms with Crippen LogP contribution in [-0.2, 0) is 13.5 Å². The van der Waals surface area contributed by atoms with Gasteiger partial charge in [-0.15, -0.1) is 10.2 Å². The topological polar surface area (TPSA) is 95.0 Å². The van der Waals surface area contributed by atoms with Gasteiger partial charge in [0, 0.05) is 25.1 Å². The Hall–Kier alpha value is -2.97. The van der Waals surface area contributed by atoms with Gasteiger partial charge in [0.25, 0.3) is 0 Å². The Bertz CT molecular complexity index is 991. The molecule has 3 aromatic rings. The van der Waals surface area contributed by atoms with Crippen LogP contribution in [0.5, 0.6) is 5.75 Å². The van der Waals surface area contributed by atoms with Crippen LogP contribution in [0.3, 0.4) is 0 Å². The van der Waals surface area contributed by atoms with Gasteiger partial charge in [0.1, 0.15) is 5.75 Å². The second-order valence-corrected chi connectivity index (χ2v) is 8.59. The highest BCUT2D eigenvalue weighted by Crippen LogP contribution is 2.49. The van der Waals surface area contributed by atoms with Crippen molar-refractivity contribution in [1.82, 2.24) is 30.3 Å². The van der Waals surface area contributed by atoms with Crippen molar-refractivity contribution in [3.63, 3.8) is 0 Å². The Kier molecular flexibility index (Phi) is 5.57. The van der Waals surface area contributed by atoms with E-state index in [9.17, 15) is 0 Å². The lowest BCUT2D eigenvalue weighted by Crippen LogP contribution is -2.34. The van der Waals surface area contributed by atoms with E-state index in [2.05, 4.69) is 30.5 Å². The zero-order valence-electron chi connectivity index (χ0n) is 18.1. The van der Waals surface area contributed by atoms with E-state index in [0.29, 0.717) is 11.8 Å². The number of benzene rings is 1. The molecule has 1 aromatic carbocycles. The summed E-state index contributed by atoms with van der Waals surface area (Å²) in [7, 11) is 1.76. The summed E-state index contributed by atoms with van der Waals surface area (Å²) in [5.74, 6) is 4.78. The van der Waals surface area contributed by atoms with Crippen LogP contribution in [0.1, 0.15) is 38.4 Å². The lowest BCUT2D eigenvalue weighted by atomic mass is 9.90. The first-order valence-corrected chi connectivity index (χ1v) is 11.2. The number of aromatic nitrogens is 6. The third kappa shape index (κ3) is 4.55. The summed E-state index contributed by atoms with van der Waals surface area (Å²) in [6.45, 7) is 4.85. The molecule has 5 rings (SSSR count). The molecule has 3 heterocycles. The third-order valence-corrected chi connectivity index (χ3v) is 6.54. The average Bonchev–Trinajstić information content (AvgIpc) is 3.19. The Balaban J connectivity index is 1.03. The maximum absolute atomic E-state index is 5.98. The highest BCUT2D eigenvalue weighted by molar-refractivity contribution is 5.55. The first-order chi connectivity index (χ1) is 15.2. The molecular formula is C22H29N7O2. The van der Waals surface area contributed by atoms with Gasteiger partial charge in [0.15, 0.2) is 5.82 Å². The SMILES string of the molecule is CCc1noc(N2CCC([C@H]3C[C@H]3CCOc3ccc(-c4nnn(C)n4)cc3)CC2)n1. The van der Waals surface area contributed by atoms with Crippen molar-refractivity contribution < 1.29 is 9.26 Å². The number of aryl methyl sites for hydroxylation is 2. The van der Waals surface area contributed by atoms with Crippen molar-refractivity contribution in [1.29, 1.82) is 0 Å². The van der Waals surface area contributed by atoms with E-state index in [1.165, 1.54) is 24.1 Å². The second kappa shape index (κ2) is 8.64. The molecule has 0 N–H and O–H groups in total. The van der Waals surface area contributed by atoms with Crippen LogP contribution >= 0.6 is 0 Å². The normalized spacial score (nSPS) is 21.4. The smallest absolute Gasteiger partial charge is 0.324 e. The molecule has 0 amide bonds. The van der Waals surface area contributed by atoms with E-state index in [0.717, 1.165) is 67.4 Å². The fourth-order valence-electron chi connectivity index (χ4n) is 4.64. The number of rotatable bonds is 8. The van der Waals surface area contributed by atoms with E-state index in [-0.39, 0.29) is 0 Å². The van der Waals surface area contributed by atoms with Crippen molar-refractivity contribution in [2.24, 2.45) is 24.8 Å². The van der Waals surface area contributed by atoms with Crippen LogP contribution in [0.4, 0.5) is 6.01 Å². The summed E-state index contributed by atoms with van der Waals surface area (Å²) in [5.41, 5.74) is 0.945. The molecule has 1 saturated carbocycles. The molecule has 2 fully saturated rings. The molecule has 164 valence electrons. The maximum Gasteiger partial charge on any atom is 0.324 e. The summed E-state index contributed by atoms with van der Waals surface area (Å²) in [5, 5.41) is 16.1. The number of hydrogen-bond donors (Lipinski definition) is 0. The quantitative estimate of drug-likeness (QED) is 0.545. The first kappa shape index (κ1) is 20.0. The predicted molar refractivity (Wildman–Crippen MR) is 115 cm³/mol. The van der Waals surface area contributed by atoms with Crippen LogP contribution in [-0.4, -0.2) is 50.0 Å². The molecule has 1 aliphatic carbocycles. The van der Waals surface area contributed by atoms with Crippen molar-refractivity contribution in [3.8, 4) is 17.1 Å². The molecule has 1 aliphatic heterocycles. The Morgan fingerprint density at radius 2 is 1.97 bits per heavy atom. The van der Waals surface area contributed by atoms with E-state index in [1.807, 2.05) is 31.2 Å². The molecular weight excluding hydrogens is 394 g/mol. The van der Waals surface area contributed by atoms with Gasteiger partial charge in [0.05, 0.1) is 13.7 Å². The molecule has 0 unspecified atom stereocenters. The van der Waals surface area contributed by atoms with Crippen molar-refractivity contribution in [3.05, 3.63) is 30.1 Å². The number of hydrogen-bond acceptors (Lipinski definition) is 8. The van der Waals surface area contributed by atoms with Crippen LogP contribution in [0.15, 0.2) is 28.8 Å². The van der Waals surface area contributed by atoms with E-state index >= 15 is 0 Å². The molecule has 9 heteroatoms. The summed E-state index contributed by atoms with van der Waals surface area (Å²) < 4.78 is 11.4. The minimum atomic E-state index is 0.630. The number of piperidine rings is 1. The molecule has 2 aliphatic rings. The summed E-state index contributed by atoms with van der Waals surface area (Å²) >= 11 is 0. The number of ether oxygens (including phenoxy) is 1. The Morgan fingerprint density at radius 3 is 2.65 bits per heavy atom. The Morgan fingerprint density at radius 1 is 1.16 bits per heavy atom. The predicted octanol–water partition coefficient (Wildman–Crippen LogP) is 3.14. The molecule has 31 heavy (non-hydrogen) atoms. The first-order valence-electron chi connectivity index (χ1n) is 11.2. The third-order valence-electron chi connectivity index (χ3n) is 6.54. The largest absolute Gasteiger partial charge is 0.494 e. The number of anilines is 1. The molecule has 0 bridgehead atoms. The van der Waals surface area contributed by atoms with Crippen LogP contribution in [0, 0.1) is 17.8 Å². The van der Waals surface area contributed by atoms with Crippen molar-refractivity contribution in [2.45, 2.75) is 39.0 Å². The van der Waals surface area contributed by atoms with Crippen LogP contribution < -0.4 is 9.64 Å². The van der Waals surface area contributed by atoms with E-state index < -0.39 is 0 Å². The van der Waals surface area contributed by atoms with Gasteiger partial charge in [-0.25, -0.2) is 0 Å². The fraction of sp³-hybridized carbons (Fsp3) is 0.591. The number of nitrogens with zero attached hydrogens (tertiary/aromatic N) is 7. The van der Waals surface area contributed by atoms with E-state index in [1.54, 1.807) is 7.05 Å². The molecule has 9 nitrogen and oxygen atoms in total. The van der Waals surface area contributed by atoms with E-state index in [4.69, 9.17) is 9.26 Å². The zero-order chi connectivity index (χ0) is 21.2. The monoisotopic (exact) mass is 423 g/mol. The zero-order valence-corrected chi connectivity index (χ0v) is 18.1. The van der Waals surface area contributed by atoms with Crippen molar-refractivity contribution in [2.75, 3.05) is 24.6 Å². The van der Waals surface area contributed by atoms with Gasteiger partial charge in [-0.1, -0.05) is 12.1 Å². The summed E-state index contributed by atoms with van der Waals surface area (Å²) in [6, 6.07) is 8.61. The van der Waals surface area contributed by atoms with Gasteiger partial charge in [0.2, 0.25) is 5.82 Å². The molecule has 1 saturated heterocycles. The standard InChI is InChI=1S/C22H29N7O2/c1-3-20-23-22(31-26-20)29-11-8-15(9-12-29)19-14-17(19)10-13-30-18-6-4-16(5-7-18)21-24-27-28(2)25-21/h4-7,15,17,19H,3,8-14H2,1-2H3/t17-,19-/m1/s1. The Labute approximate surface area is 181 Å². The minimum absolute atomic E-state index is 0.630. The highest BCUT2D eigenvalue weighted by atomic mass is 16.5. The van der Waals surface area contributed by atoms with Crippen molar-refractivity contribution >= 4 is 6.01 Å². The lowest BCUT2D eigenvalue weighted by molar-refractivity contribution is 0.282. The van der Waals surface area contributed by atoms with Gasteiger partial charge in [-0.05, 0) is 72.9 Å². The summed E-state index contributed by atoms with van der Waals surface area (Å²) in [6.07, 6.45) is 5.70. The lowest BCUT2D eigenvalue weighted by Gasteiger charge is -2.30. The van der Waals surface area contributed by atoms with Gasteiger partial charge >= 0.3 is 6.01 Å². The van der Waals surface area contributed by atoms with Gasteiger partial charge in [-0.2, -0.15) is 9.78 Å². The average molecular weight is 424 g/mol. The van der Waals surface area contributed by atoms with Gasteiger partial charge in [-0.3, -0.25) is 0 Å². The second-order valence-electron chi connectivity index (χ2n) is 8.59. The highest BCUT2D eigenvalue weighted by Gasteiger charge is 2.43. The minimum Gasteiger partial charge on any atom is -0.494 e. The fourth-order valence-corrected chi connectivity index (χ4v) is 4.64. The van der Waals surface area contributed by atoms with Crippen LogP contribution in [0.2, 0.25) is 0 Å². The maximum atomic E-state index is 5.98. The molecule has 2 atom stereocenters. The summed E-state index contributed by atoms with van der Waals surface area (Å²) in [4.78, 5) is 8.17. The molecule has 0 spiro atoms.